The fourth-order valence-corrected chi connectivity index (χ4v) is 2.93. The van der Waals surface area contributed by atoms with E-state index in [0.717, 1.165) is 42.3 Å². The third kappa shape index (κ3) is 3.05. The van der Waals surface area contributed by atoms with E-state index in [1.165, 1.54) is 17.7 Å². The van der Waals surface area contributed by atoms with Crippen molar-refractivity contribution in [2.45, 2.75) is 26.4 Å². The number of aryl methyl sites for hydroxylation is 1. The zero-order valence-electron chi connectivity index (χ0n) is 13.4. The Balaban J connectivity index is 1.48. The van der Waals surface area contributed by atoms with Crippen LogP contribution in [0.1, 0.15) is 22.8 Å². The highest BCUT2D eigenvalue weighted by Gasteiger charge is 2.19. The number of hydrogen-bond acceptors (Lipinski definition) is 5. The first kappa shape index (κ1) is 15.0. The monoisotopic (exact) mass is 324 g/mol. The summed E-state index contributed by atoms with van der Waals surface area (Å²) in [4.78, 5) is 15.6. The molecule has 1 aliphatic rings. The second kappa shape index (κ2) is 6.13. The van der Waals surface area contributed by atoms with Gasteiger partial charge >= 0.3 is 0 Å². The molecule has 0 fully saturated rings. The highest BCUT2D eigenvalue weighted by Crippen LogP contribution is 2.22. The van der Waals surface area contributed by atoms with Crippen LogP contribution in [0.3, 0.4) is 0 Å². The van der Waals surface area contributed by atoms with Crippen molar-refractivity contribution in [3.8, 4) is 11.5 Å². The predicted octanol–water partition coefficient (Wildman–Crippen LogP) is 3.14. The van der Waals surface area contributed by atoms with Crippen molar-refractivity contribution in [1.29, 1.82) is 0 Å². The first-order valence-corrected chi connectivity index (χ1v) is 7.91. The van der Waals surface area contributed by atoms with Crippen LogP contribution in [0.25, 0.3) is 11.5 Å². The molecular weight excluding hydrogens is 307 g/mol. The lowest BCUT2D eigenvalue weighted by Crippen LogP contribution is -2.31. The lowest BCUT2D eigenvalue weighted by Gasteiger charge is -2.26. The quantitative estimate of drug-likeness (QED) is 0.741. The van der Waals surface area contributed by atoms with E-state index in [1.54, 1.807) is 18.4 Å². The summed E-state index contributed by atoms with van der Waals surface area (Å²) in [6.07, 6.45) is 4.54. The lowest BCUT2D eigenvalue weighted by molar-refractivity contribution is 0.238. The molecule has 6 heteroatoms. The van der Waals surface area contributed by atoms with Gasteiger partial charge in [0.1, 0.15) is 17.9 Å². The number of oxazole rings is 1. The van der Waals surface area contributed by atoms with Gasteiger partial charge < -0.3 is 4.42 Å². The molecule has 0 amide bonds. The normalized spacial score (nSPS) is 14.6. The van der Waals surface area contributed by atoms with Crippen LogP contribution < -0.4 is 0 Å². The molecule has 1 aromatic carbocycles. The number of hydrogen-bond donors (Lipinski definition) is 0. The minimum atomic E-state index is -0.269. The van der Waals surface area contributed by atoms with Crippen LogP contribution >= 0.6 is 0 Å². The van der Waals surface area contributed by atoms with Crippen LogP contribution in [0.15, 0.2) is 41.1 Å². The van der Waals surface area contributed by atoms with E-state index in [9.17, 15) is 4.39 Å². The number of rotatable bonds is 3. The summed E-state index contributed by atoms with van der Waals surface area (Å²) in [5.74, 6) is 1.05. The Morgan fingerprint density at radius 2 is 2.04 bits per heavy atom. The standard InChI is InChI=1S/C18H17FN4O/c1-12-20-8-14-6-7-23(10-17(14)21-12)9-16-11-24-18(22-16)13-2-4-15(19)5-3-13/h2-5,8,11H,6-7,9-10H2,1H3. The SMILES string of the molecule is Cc1ncc2c(n1)CN(Cc1coc(-c3ccc(F)cc3)n1)CC2. The van der Waals surface area contributed by atoms with Gasteiger partial charge in [-0.3, -0.25) is 4.90 Å². The second-order valence-corrected chi connectivity index (χ2v) is 6.00. The van der Waals surface area contributed by atoms with Gasteiger partial charge in [0.2, 0.25) is 5.89 Å². The average Bonchev–Trinajstić information content (AvgIpc) is 3.03. The molecule has 1 aliphatic heterocycles. The molecule has 5 nitrogen and oxygen atoms in total. The summed E-state index contributed by atoms with van der Waals surface area (Å²) in [5, 5.41) is 0. The molecular formula is C18H17FN4O. The maximum atomic E-state index is 13.0. The van der Waals surface area contributed by atoms with Crippen LogP contribution in [0.2, 0.25) is 0 Å². The third-order valence-corrected chi connectivity index (χ3v) is 4.17. The fourth-order valence-electron chi connectivity index (χ4n) is 2.93. The molecule has 24 heavy (non-hydrogen) atoms. The summed E-state index contributed by atoms with van der Waals surface area (Å²) in [6, 6.07) is 6.15. The van der Waals surface area contributed by atoms with Crippen molar-refractivity contribution in [3.63, 3.8) is 0 Å². The summed E-state index contributed by atoms with van der Waals surface area (Å²) >= 11 is 0. The van der Waals surface area contributed by atoms with Crippen molar-refractivity contribution in [3.05, 3.63) is 65.3 Å². The predicted molar refractivity (Wildman–Crippen MR) is 86.5 cm³/mol. The molecule has 0 saturated carbocycles. The van der Waals surface area contributed by atoms with Gasteiger partial charge in [-0.25, -0.2) is 19.3 Å². The molecule has 0 spiro atoms. The Labute approximate surface area is 139 Å². The number of nitrogens with zero attached hydrogens (tertiary/aromatic N) is 4. The lowest BCUT2D eigenvalue weighted by atomic mass is 10.1. The summed E-state index contributed by atoms with van der Waals surface area (Å²) in [5.41, 5.74) is 3.96. The molecule has 0 bridgehead atoms. The minimum Gasteiger partial charge on any atom is -0.444 e. The largest absolute Gasteiger partial charge is 0.444 e. The average molecular weight is 324 g/mol. The number of benzene rings is 1. The first-order chi connectivity index (χ1) is 11.7. The van der Waals surface area contributed by atoms with Crippen molar-refractivity contribution >= 4 is 0 Å². The van der Waals surface area contributed by atoms with Gasteiger partial charge in [0.25, 0.3) is 0 Å². The maximum absolute atomic E-state index is 13.0. The molecule has 2 aromatic heterocycles. The highest BCUT2D eigenvalue weighted by atomic mass is 19.1. The second-order valence-electron chi connectivity index (χ2n) is 6.00. The van der Waals surface area contributed by atoms with E-state index in [-0.39, 0.29) is 5.82 Å². The van der Waals surface area contributed by atoms with Crippen LogP contribution in [-0.2, 0) is 19.5 Å². The van der Waals surface area contributed by atoms with Crippen LogP contribution in [-0.4, -0.2) is 26.4 Å². The van der Waals surface area contributed by atoms with E-state index in [4.69, 9.17) is 4.42 Å². The molecule has 0 aliphatic carbocycles. The topological polar surface area (TPSA) is 55.1 Å². The zero-order valence-corrected chi connectivity index (χ0v) is 13.4. The van der Waals surface area contributed by atoms with Crippen molar-refractivity contribution in [2.75, 3.05) is 6.54 Å². The van der Waals surface area contributed by atoms with Crippen LogP contribution in [0.5, 0.6) is 0 Å². The van der Waals surface area contributed by atoms with Gasteiger partial charge in [-0.1, -0.05) is 0 Å². The van der Waals surface area contributed by atoms with E-state index in [2.05, 4.69) is 19.9 Å². The van der Waals surface area contributed by atoms with E-state index < -0.39 is 0 Å². The van der Waals surface area contributed by atoms with Crippen molar-refractivity contribution in [2.24, 2.45) is 0 Å². The molecule has 4 rings (SSSR count). The smallest absolute Gasteiger partial charge is 0.226 e. The molecule has 0 unspecified atom stereocenters. The molecule has 0 radical (unpaired) electrons. The fraction of sp³-hybridized carbons (Fsp3) is 0.278. The molecule has 122 valence electrons. The Bertz CT molecular complexity index is 860. The molecule has 0 saturated heterocycles. The van der Waals surface area contributed by atoms with E-state index >= 15 is 0 Å². The van der Waals surface area contributed by atoms with Gasteiger partial charge in [-0.2, -0.15) is 0 Å². The third-order valence-electron chi connectivity index (χ3n) is 4.17. The number of aromatic nitrogens is 3. The summed E-state index contributed by atoms with van der Waals surface area (Å²) in [6.45, 7) is 4.34. The molecule has 3 heterocycles. The summed E-state index contributed by atoms with van der Waals surface area (Å²) < 4.78 is 18.5. The Morgan fingerprint density at radius 3 is 2.88 bits per heavy atom. The Morgan fingerprint density at radius 1 is 1.21 bits per heavy atom. The summed E-state index contributed by atoms with van der Waals surface area (Å²) in [7, 11) is 0. The van der Waals surface area contributed by atoms with Crippen LogP contribution in [0.4, 0.5) is 4.39 Å². The Kier molecular flexibility index (Phi) is 3.82. The maximum Gasteiger partial charge on any atom is 0.226 e. The van der Waals surface area contributed by atoms with Gasteiger partial charge in [0.15, 0.2) is 0 Å². The van der Waals surface area contributed by atoms with Gasteiger partial charge in [0, 0.05) is 31.4 Å². The Hall–Kier alpha value is -2.60. The number of halogens is 1. The first-order valence-electron chi connectivity index (χ1n) is 7.91. The van der Waals surface area contributed by atoms with Gasteiger partial charge in [-0.15, -0.1) is 0 Å². The van der Waals surface area contributed by atoms with Crippen molar-refractivity contribution in [1.82, 2.24) is 19.9 Å². The van der Waals surface area contributed by atoms with Crippen LogP contribution in [0, 0.1) is 12.7 Å². The van der Waals surface area contributed by atoms with Gasteiger partial charge in [-0.05, 0) is 43.2 Å². The molecule has 3 aromatic rings. The molecule has 0 N–H and O–H groups in total. The van der Waals surface area contributed by atoms with Crippen molar-refractivity contribution < 1.29 is 8.81 Å². The van der Waals surface area contributed by atoms with E-state index in [1.807, 2.05) is 13.1 Å². The zero-order chi connectivity index (χ0) is 16.5. The van der Waals surface area contributed by atoms with E-state index in [0.29, 0.717) is 12.4 Å². The minimum absolute atomic E-state index is 0.269. The highest BCUT2D eigenvalue weighted by molar-refractivity contribution is 5.52. The molecule has 0 atom stereocenters. The van der Waals surface area contributed by atoms with Gasteiger partial charge in [0.05, 0.1) is 11.4 Å². The number of fused-ring (bicyclic) bond motifs is 1.